The molecule has 0 aliphatic heterocycles. The molecule has 15 heavy (non-hydrogen) atoms. The first-order valence-electron chi connectivity index (χ1n) is 5.06. The highest BCUT2D eigenvalue weighted by molar-refractivity contribution is 7.98. The van der Waals surface area contributed by atoms with Crippen molar-refractivity contribution in [1.29, 1.82) is 0 Å². The lowest BCUT2D eigenvalue weighted by Gasteiger charge is -2.06. The average Bonchev–Trinajstić information content (AvgIpc) is 2.28. The summed E-state index contributed by atoms with van der Waals surface area (Å²) in [5.41, 5.74) is 1.29. The lowest BCUT2D eigenvalue weighted by Crippen LogP contribution is -2.00. The van der Waals surface area contributed by atoms with E-state index in [9.17, 15) is 0 Å². The fourth-order valence-corrected chi connectivity index (χ4v) is 1.47. The first kappa shape index (κ1) is 12.4. The van der Waals surface area contributed by atoms with Crippen molar-refractivity contribution in [2.24, 2.45) is 0 Å². The monoisotopic (exact) mass is 226 g/mol. The molecule has 0 radical (unpaired) electrons. The molecule has 1 aromatic rings. The molecule has 0 amide bonds. The van der Waals surface area contributed by atoms with E-state index in [1.54, 1.807) is 18.9 Å². The maximum absolute atomic E-state index is 5.55. The van der Waals surface area contributed by atoms with Crippen molar-refractivity contribution < 1.29 is 9.47 Å². The summed E-state index contributed by atoms with van der Waals surface area (Å²) < 4.78 is 10.6. The predicted molar refractivity (Wildman–Crippen MR) is 65.9 cm³/mol. The van der Waals surface area contributed by atoms with Crippen LogP contribution in [0.25, 0.3) is 0 Å². The van der Waals surface area contributed by atoms with Crippen LogP contribution in [0.4, 0.5) is 0 Å². The van der Waals surface area contributed by atoms with Gasteiger partial charge >= 0.3 is 0 Å². The van der Waals surface area contributed by atoms with Crippen molar-refractivity contribution in [2.75, 3.05) is 32.3 Å². The van der Waals surface area contributed by atoms with Crippen LogP contribution in [-0.4, -0.2) is 32.3 Å². The van der Waals surface area contributed by atoms with Crippen LogP contribution in [0.1, 0.15) is 5.56 Å². The minimum absolute atomic E-state index is 0.771. The van der Waals surface area contributed by atoms with Gasteiger partial charge in [-0.3, -0.25) is 0 Å². The molecular formula is C12H18O2S. The maximum atomic E-state index is 5.55. The molecule has 0 N–H and O–H groups in total. The normalized spacial score (nSPS) is 10.3. The van der Waals surface area contributed by atoms with Gasteiger partial charge in [0.15, 0.2) is 0 Å². The van der Waals surface area contributed by atoms with Gasteiger partial charge in [0.1, 0.15) is 5.75 Å². The summed E-state index contributed by atoms with van der Waals surface area (Å²) >= 11 is 1.79. The molecule has 0 bridgehead atoms. The molecule has 1 aromatic carbocycles. The fraction of sp³-hybridized carbons (Fsp3) is 0.500. The van der Waals surface area contributed by atoms with Gasteiger partial charge in [0.2, 0.25) is 0 Å². The quantitative estimate of drug-likeness (QED) is 0.666. The third-order valence-corrected chi connectivity index (χ3v) is 2.65. The van der Waals surface area contributed by atoms with E-state index in [1.807, 2.05) is 12.1 Å². The Bertz CT molecular complexity index is 259. The Kier molecular flexibility index (Phi) is 6.28. The van der Waals surface area contributed by atoms with Gasteiger partial charge in [-0.1, -0.05) is 12.1 Å². The van der Waals surface area contributed by atoms with Gasteiger partial charge in [-0.2, -0.15) is 11.8 Å². The molecule has 0 saturated heterocycles. The van der Waals surface area contributed by atoms with E-state index in [-0.39, 0.29) is 0 Å². The lowest BCUT2D eigenvalue weighted by atomic mass is 10.1. The highest BCUT2D eigenvalue weighted by Crippen LogP contribution is 2.12. The molecule has 0 unspecified atom stereocenters. The number of thioether (sulfide) groups is 1. The van der Waals surface area contributed by atoms with Crippen LogP contribution >= 0.6 is 11.8 Å². The third-order valence-electron chi connectivity index (χ3n) is 2.07. The van der Waals surface area contributed by atoms with Crippen molar-refractivity contribution in [2.45, 2.75) is 6.42 Å². The van der Waals surface area contributed by atoms with E-state index in [2.05, 4.69) is 18.4 Å². The summed E-state index contributed by atoms with van der Waals surface area (Å²) in [7, 11) is 1.72. The van der Waals surface area contributed by atoms with Crippen LogP contribution < -0.4 is 4.74 Å². The predicted octanol–water partition coefficient (Wildman–Crippen LogP) is 2.62. The van der Waals surface area contributed by atoms with Crippen molar-refractivity contribution in [1.82, 2.24) is 0 Å². The maximum Gasteiger partial charge on any atom is 0.119 e. The summed E-state index contributed by atoms with van der Waals surface area (Å²) in [5, 5.41) is 0. The van der Waals surface area contributed by atoms with Gasteiger partial charge in [0, 0.05) is 12.9 Å². The zero-order valence-electron chi connectivity index (χ0n) is 9.36. The van der Waals surface area contributed by atoms with Gasteiger partial charge in [-0.15, -0.1) is 0 Å². The van der Waals surface area contributed by atoms with Crippen LogP contribution in [-0.2, 0) is 11.2 Å². The molecule has 1 rings (SSSR count). The Morgan fingerprint density at radius 3 is 2.47 bits per heavy atom. The van der Waals surface area contributed by atoms with Crippen LogP contribution in [0.5, 0.6) is 5.75 Å². The lowest BCUT2D eigenvalue weighted by molar-refractivity contribution is 0.202. The molecule has 2 nitrogen and oxygen atoms in total. The van der Waals surface area contributed by atoms with Crippen molar-refractivity contribution >= 4 is 11.8 Å². The second kappa shape index (κ2) is 7.60. The summed E-state index contributed by atoms with van der Waals surface area (Å²) in [4.78, 5) is 0. The van der Waals surface area contributed by atoms with Crippen LogP contribution in [0.3, 0.4) is 0 Å². The van der Waals surface area contributed by atoms with Gasteiger partial charge in [-0.25, -0.2) is 0 Å². The van der Waals surface area contributed by atoms with Crippen molar-refractivity contribution in [3.63, 3.8) is 0 Å². The van der Waals surface area contributed by atoms with E-state index >= 15 is 0 Å². The van der Waals surface area contributed by atoms with E-state index in [1.165, 1.54) is 5.56 Å². The third kappa shape index (κ3) is 5.09. The van der Waals surface area contributed by atoms with Crippen molar-refractivity contribution in [3.05, 3.63) is 29.8 Å². The topological polar surface area (TPSA) is 18.5 Å². The zero-order valence-corrected chi connectivity index (χ0v) is 10.2. The summed E-state index contributed by atoms with van der Waals surface area (Å²) in [6.45, 7) is 1.55. The van der Waals surface area contributed by atoms with E-state index in [0.29, 0.717) is 0 Å². The average molecular weight is 226 g/mol. The summed E-state index contributed by atoms with van der Waals surface area (Å²) in [5.74, 6) is 1.98. The molecule has 0 spiro atoms. The summed E-state index contributed by atoms with van der Waals surface area (Å²) in [6.07, 6.45) is 3.04. The molecule has 0 aliphatic carbocycles. The van der Waals surface area contributed by atoms with Crippen LogP contribution in [0.2, 0.25) is 0 Å². The molecule has 3 heteroatoms. The van der Waals surface area contributed by atoms with Crippen LogP contribution in [0, 0.1) is 0 Å². The molecule has 0 saturated carbocycles. The molecule has 0 aliphatic rings. The number of benzene rings is 1. The number of methoxy groups -OCH3 is 1. The molecule has 0 fully saturated rings. The molecular weight excluding hydrogens is 208 g/mol. The SMILES string of the molecule is COCCc1ccc(OCCSC)cc1. The Labute approximate surface area is 96.0 Å². The first-order chi connectivity index (χ1) is 7.36. The molecule has 0 heterocycles. The molecule has 0 aromatic heterocycles. The molecule has 0 atom stereocenters. The minimum Gasteiger partial charge on any atom is -0.493 e. The summed E-state index contributed by atoms with van der Waals surface area (Å²) in [6, 6.07) is 8.22. The fourth-order valence-electron chi connectivity index (χ4n) is 1.22. The van der Waals surface area contributed by atoms with Gasteiger partial charge < -0.3 is 9.47 Å². The Hall–Kier alpha value is -0.670. The second-order valence-electron chi connectivity index (χ2n) is 3.23. The Balaban J connectivity index is 2.35. The number of ether oxygens (including phenoxy) is 2. The second-order valence-corrected chi connectivity index (χ2v) is 4.21. The van der Waals surface area contributed by atoms with Gasteiger partial charge in [0.25, 0.3) is 0 Å². The largest absolute Gasteiger partial charge is 0.493 e. The number of hydrogen-bond donors (Lipinski definition) is 0. The standard InChI is InChI=1S/C12H18O2S/c1-13-8-7-11-3-5-12(6-4-11)14-9-10-15-2/h3-6H,7-10H2,1-2H3. The Morgan fingerprint density at radius 2 is 1.87 bits per heavy atom. The van der Waals surface area contributed by atoms with Crippen LogP contribution in [0.15, 0.2) is 24.3 Å². The van der Waals surface area contributed by atoms with E-state index in [0.717, 1.165) is 31.1 Å². The first-order valence-corrected chi connectivity index (χ1v) is 6.46. The minimum atomic E-state index is 0.771. The highest BCUT2D eigenvalue weighted by Gasteiger charge is 1.95. The van der Waals surface area contributed by atoms with E-state index in [4.69, 9.17) is 9.47 Å². The number of hydrogen-bond acceptors (Lipinski definition) is 3. The van der Waals surface area contributed by atoms with Gasteiger partial charge in [-0.05, 0) is 30.4 Å². The smallest absolute Gasteiger partial charge is 0.119 e. The van der Waals surface area contributed by atoms with E-state index < -0.39 is 0 Å². The van der Waals surface area contributed by atoms with Gasteiger partial charge in [0.05, 0.1) is 13.2 Å². The highest BCUT2D eigenvalue weighted by atomic mass is 32.2. The Morgan fingerprint density at radius 1 is 1.13 bits per heavy atom. The van der Waals surface area contributed by atoms with Crippen molar-refractivity contribution in [3.8, 4) is 5.75 Å². The zero-order chi connectivity index (χ0) is 10.9. The number of rotatable bonds is 7. The molecule has 84 valence electrons.